The van der Waals surface area contributed by atoms with E-state index in [-0.39, 0.29) is 11.4 Å². The minimum atomic E-state index is -0.768. The van der Waals surface area contributed by atoms with Crippen LogP contribution in [0.5, 0.6) is 0 Å². The lowest BCUT2D eigenvalue weighted by atomic mass is 10.2. The van der Waals surface area contributed by atoms with E-state index in [0.29, 0.717) is 25.0 Å². The van der Waals surface area contributed by atoms with Crippen molar-refractivity contribution >= 4 is 46.1 Å². The summed E-state index contributed by atoms with van der Waals surface area (Å²) in [5, 5.41) is 51.9. The Hall–Kier alpha value is -5.02. The zero-order valence-corrected chi connectivity index (χ0v) is 17.6. The van der Waals surface area contributed by atoms with Gasteiger partial charge in [-0.15, -0.1) is 0 Å². The molecule has 0 bridgehead atoms. The van der Waals surface area contributed by atoms with Gasteiger partial charge in [-0.25, -0.2) is 0 Å². The Balaban J connectivity index is 2.02. The van der Waals surface area contributed by atoms with Crippen molar-refractivity contribution in [3.63, 3.8) is 0 Å². The highest BCUT2D eigenvalue weighted by Gasteiger charge is 2.20. The van der Waals surface area contributed by atoms with Gasteiger partial charge in [-0.3, -0.25) is 51.3 Å². The lowest BCUT2D eigenvalue weighted by Gasteiger charge is -2.05. The van der Waals surface area contributed by atoms with Crippen LogP contribution in [0.4, 0.5) is 34.1 Å². The number of hydrogen-bond acceptors (Lipinski definition) is 12. The molecule has 178 valence electrons. The van der Waals surface area contributed by atoms with Gasteiger partial charge in [-0.2, -0.15) is 10.2 Å². The minimum absolute atomic E-state index is 0.0117. The molecule has 0 fully saturated rings. The second-order valence-corrected chi connectivity index (χ2v) is 6.54. The number of benzene rings is 2. The number of anilines is 2. The quantitative estimate of drug-likeness (QED) is 0.251. The van der Waals surface area contributed by atoms with Gasteiger partial charge in [0.1, 0.15) is 11.4 Å². The fraction of sp³-hybridized carbons (Fsp3) is 0.222. The Morgan fingerprint density at radius 2 is 1.32 bits per heavy atom. The lowest BCUT2D eigenvalue weighted by Crippen LogP contribution is -2.04. The molecule has 0 atom stereocenters. The second kappa shape index (κ2) is 11.6. The van der Waals surface area contributed by atoms with Crippen molar-refractivity contribution in [2.45, 2.75) is 26.2 Å². The Bertz CT molecular complexity index is 1180. The van der Waals surface area contributed by atoms with Crippen LogP contribution < -0.4 is 10.9 Å². The molecule has 0 heterocycles. The summed E-state index contributed by atoms with van der Waals surface area (Å²) < 4.78 is 0. The van der Waals surface area contributed by atoms with Crippen molar-refractivity contribution in [3.05, 3.63) is 76.9 Å². The van der Waals surface area contributed by atoms with Gasteiger partial charge in [0.05, 0.1) is 31.8 Å². The monoisotopic (exact) mass is 474 g/mol. The number of non-ortho nitro benzene ring substituents is 2. The third kappa shape index (κ3) is 6.74. The summed E-state index contributed by atoms with van der Waals surface area (Å²) in [6.07, 6.45) is 2.65. The number of hydrazone groups is 2. The summed E-state index contributed by atoms with van der Waals surface area (Å²) in [5.74, 6) is 0. The number of nitro benzene ring substituents is 4. The molecule has 34 heavy (non-hydrogen) atoms. The van der Waals surface area contributed by atoms with Gasteiger partial charge in [0, 0.05) is 24.1 Å². The van der Waals surface area contributed by atoms with Gasteiger partial charge in [-0.05, 0) is 31.4 Å². The van der Waals surface area contributed by atoms with Crippen LogP contribution in [0.3, 0.4) is 0 Å². The van der Waals surface area contributed by atoms with Gasteiger partial charge in [0.15, 0.2) is 0 Å². The first kappa shape index (κ1) is 25.2. The second-order valence-electron chi connectivity index (χ2n) is 6.54. The van der Waals surface area contributed by atoms with Crippen molar-refractivity contribution in [2.75, 3.05) is 10.9 Å². The first-order valence-corrected chi connectivity index (χ1v) is 9.58. The number of hydrogen-bond donors (Lipinski definition) is 2. The number of nitro groups is 4. The maximum absolute atomic E-state index is 11.2. The molecule has 2 aromatic carbocycles. The molecular weight excluding hydrogens is 456 g/mol. The van der Waals surface area contributed by atoms with E-state index in [9.17, 15) is 40.5 Å². The summed E-state index contributed by atoms with van der Waals surface area (Å²) in [5.41, 5.74) is 3.74. The molecule has 0 aliphatic carbocycles. The lowest BCUT2D eigenvalue weighted by molar-refractivity contribution is -0.393. The average molecular weight is 474 g/mol. The highest BCUT2D eigenvalue weighted by Crippen LogP contribution is 2.30. The third-order valence-corrected chi connectivity index (χ3v) is 4.36. The van der Waals surface area contributed by atoms with Crippen LogP contribution in [-0.4, -0.2) is 31.6 Å². The van der Waals surface area contributed by atoms with Crippen molar-refractivity contribution in [1.29, 1.82) is 0 Å². The summed E-state index contributed by atoms with van der Waals surface area (Å²) >= 11 is 0. The molecule has 2 aromatic rings. The molecule has 0 saturated carbocycles. The number of rotatable bonds is 12. The van der Waals surface area contributed by atoms with E-state index in [0.717, 1.165) is 24.3 Å². The SMILES string of the molecule is CCC(CCC=NNc1ccc([N+](=O)[O-])cc1[N+](=O)[O-])=NNc1ccc([N+](=O)[O-])cc1[N+](=O)[O-]. The summed E-state index contributed by atoms with van der Waals surface area (Å²) in [4.78, 5) is 40.9. The smallest absolute Gasteiger partial charge is 0.272 e. The Labute approximate surface area is 190 Å². The largest absolute Gasteiger partial charge is 0.301 e. The normalized spacial score (nSPS) is 11.3. The van der Waals surface area contributed by atoms with Crippen molar-refractivity contribution < 1.29 is 19.7 Å². The molecule has 0 aliphatic rings. The highest BCUT2D eigenvalue weighted by atomic mass is 16.6. The van der Waals surface area contributed by atoms with Gasteiger partial charge in [0.25, 0.3) is 11.4 Å². The van der Waals surface area contributed by atoms with Crippen molar-refractivity contribution in [3.8, 4) is 0 Å². The number of nitrogens with zero attached hydrogens (tertiary/aromatic N) is 6. The van der Waals surface area contributed by atoms with E-state index in [2.05, 4.69) is 21.1 Å². The van der Waals surface area contributed by atoms with E-state index in [1.165, 1.54) is 18.3 Å². The third-order valence-electron chi connectivity index (χ3n) is 4.36. The molecule has 0 saturated heterocycles. The molecular formula is C18H18N8O8. The number of nitrogens with one attached hydrogen (secondary N) is 2. The van der Waals surface area contributed by atoms with Gasteiger partial charge < -0.3 is 0 Å². The molecule has 0 spiro atoms. The van der Waals surface area contributed by atoms with Crippen LogP contribution in [0.15, 0.2) is 46.6 Å². The van der Waals surface area contributed by atoms with E-state index < -0.39 is 42.4 Å². The fourth-order valence-electron chi connectivity index (χ4n) is 2.62. The van der Waals surface area contributed by atoms with E-state index in [1.54, 1.807) is 6.92 Å². The molecule has 0 aromatic heterocycles. The van der Waals surface area contributed by atoms with Crippen LogP contribution in [0.1, 0.15) is 26.2 Å². The van der Waals surface area contributed by atoms with Gasteiger partial charge in [0.2, 0.25) is 0 Å². The zero-order valence-electron chi connectivity index (χ0n) is 17.6. The summed E-state index contributed by atoms with van der Waals surface area (Å²) in [6.45, 7) is 1.81. The molecule has 0 amide bonds. The molecule has 0 aliphatic heterocycles. The molecule has 2 rings (SSSR count). The molecule has 16 heteroatoms. The highest BCUT2D eigenvalue weighted by molar-refractivity contribution is 5.87. The zero-order chi connectivity index (χ0) is 25.3. The van der Waals surface area contributed by atoms with Crippen LogP contribution in [-0.2, 0) is 0 Å². The van der Waals surface area contributed by atoms with E-state index in [1.807, 2.05) is 0 Å². The molecule has 16 nitrogen and oxygen atoms in total. The fourth-order valence-corrected chi connectivity index (χ4v) is 2.62. The van der Waals surface area contributed by atoms with Crippen LogP contribution in [0.2, 0.25) is 0 Å². The van der Waals surface area contributed by atoms with E-state index >= 15 is 0 Å². The minimum Gasteiger partial charge on any atom is -0.272 e. The molecule has 0 radical (unpaired) electrons. The Kier molecular flexibility index (Phi) is 8.58. The Morgan fingerprint density at radius 1 is 0.824 bits per heavy atom. The molecule has 2 N–H and O–H groups in total. The Morgan fingerprint density at radius 3 is 1.76 bits per heavy atom. The first-order valence-electron chi connectivity index (χ1n) is 9.58. The van der Waals surface area contributed by atoms with Crippen LogP contribution in [0, 0.1) is 40.5 Å². The standard InChI is InChI=1S/C18H18N8O8/c1-2-12(20-22-16-8-6-14(24(29)30)11-18(16)26(33)34)4-3-9-19-21-15-7-5-13(23(27)28)10-17(15)25(31)32/h5-11,21-22H,2-4H2,1H3. The van der Waals surface area contributed by atoms with Gasteiger partial charge >= 0.3 is 11.4 Å². The van der Waals surface area contributed by atoms with E-state index in [4.69, 9.17) is 0 Å². The van der Waals surface area contributed by atoms with Gasteiger partial charge in [-0.1, -0.05) is 6.92 Å². The summed E-state index contributed by atoms with van der Waals surface area (Å²) in [6, 6.07) is 6.24. The van der Waals surface area contributed by atoms with Crippen molar-refractivity contribution in [1.82, 2.24) is 0 Å². The predicted octanol–water partition coefficient (Wildman–Crippen LogP) is 4.38. The maximum atomic E-state index is 11.2. The average Bonchev–Trinajstić information content (AvgIpc) is 2.80. The van der Waals surface area contributed by atoms with Crippen LogP contribution >= 0.6 is 0 Å². The maximum Gasteiger partial charge on any atom is 0.301 e. The predicted molar refractivity (Wildman–Crippen MR) is 122 cm³/mol. The topological polar surface area (TPSA) is 221 Å². The summed E-state index contributed by atoms with van der Waals surface area (Å²) in [7, 11) is 0. The first-order chi connectivity index (χ1) is 16.1. The van der Waals surface area contributed by atoms with Crippen LogP contribution in [0.25, 0.3) is 0 Å². The molecule has 0 unspecified atom stereocenters. The van der Waals surface area contributed by atoms with Crippen molar-refractivity contribution in [2.24, 2.45) is 10.2 Å².